The fraction of sp³-hybridized carbons (Fsp3) is 0.227. The minimum absolute atomic E-state index is 0.0488. The van der Waals surface area contributed by atoms with Crippen LogP contribution in [-0.4, -0.2) is 20.8 Å². The van der Waals surface area contributed by atoms with Gasteiger partial charge in [-0.3, -0.25) is 9.48 Å². The van der Waals surface area contributed by atoms with Crippen molar-refractivity contribution in [3.8, 4) is 11.5 Å². The summed E-state index contributed by atoms with van der Waals surface area (Å²) < 4.78 is 79.0. The van der Waals surface area contributed by atoms with E-state index < -0.39 is 29.1 Å². The Balaban J connectivity index is 1.49. The van der Waals surface area contributed by atoms with Crippen molar-refractivity contribution in [1.29, 1.82) is 0 Å². The molecular weight excluding hydrogens is 463 g/mol. The molecule has 0 fully saturated rings. The molecule has 0 unspecified atom stereocenters. The molecule has 34 heavy (non-hydrogen) atoms. The second-order valence-corrected chi connectivity index (χ2v) is 7.63. The van der Waals surface area contributed by atoms with Crippen LogP contribution >= 0.6 is 0 Å². The lowest BCUT2D eigenvalue weighted by molar-refractivity contribution is -0.138. The van der Waals surface area contributed by atoms with Gasteiger partial charge in [-0.1, -0.05) is 17.3 Å². The van der Waals surface area contributed by atoms with Gasteiger partial charge in [0.25, 0.3) is 11.8 Å². The molecular formula is C22H17F5N4O3. The predicted molar refractivity (Wildman–Crippen MR) is 109 cm³/mol. The van der Waals surface area contributed by atoms with Crippen molar-refractivity contribution in [3.63, 3.8) is 0 Å². The standard InChI is InChI=1S/C22H17F5N4O3/c1-12-3-6-18(33-12)19-8-17(30-34-19)20(32)29-15-9-28-31(11-15)10-13-4-5-14(21(2,23)24)7-16(13)22(25,26)27/h3-9,11H,10H2,1-2H3,(H,29,32). The molecule has 1 N–H and O–H groups in total. The van der Waals surface area contributed by atoms with Gasteiger partial charge in [0, 0.05) is 24.8 Å². The monoisotopic (exact) mass is 480 g/mol. The highest BCUT2D eigenvalue weighted by molar-refractivity contribution is 6.03. The molecule has 0 atom stereocenters. The van der Waals surface area contributed by atoms with Crippen molar-refractivity contribution in [2.24, 2.45) is 0 Å². The first-order valence-electron chi connectivity index (χ1n) is 9.86. The number of amides is 1. The van der Waals surface area contributed by atoms with Crippen molar-refractivity contribution in [1.82, 2.24) is 14.9 Å². The maximum atomic E-state index is 13.5. The van der Waals surface area contributed by atoms with Crippen molar-refractivity contribution < 1.29 is 35.7 Å². The summed E-state index contributed by atoms with van der Waals surface area (Å²) in [6.45, 7) is 1.92. The molecule has 0 spiro atoms. The molecule has 0 radical (unpaired) electrons. The molecule has 0 aliphatic rings. The number of nitrogens with zero attached hydrogens (tertiary/aromatic N) is 3. The second-order valence-electron chi connectivity index (χ2n) is 7.63. The van der Waals surface area contributed by atoms with Crippen molar-refractivity contribution in [2.75, 3.05) is 5.32 Å². The number of aromatic nitrogens is 3. The van der Waals surface area contributed by atoms with Crippen LogP contribution in [0.2, 0.25) is 0 Å². The molecule has 0 bridgehead atoms. The molecule has 0 aliphatic heterocycles. The number of carbonyl (C=O) groups is 1. The largest absolute Gasteiger partial charge is 0.458 e. The van der Waals surface area contributed by atoms with E-state index in [9.17, 15) is 26.7 Å². The normalized spacial score (nSPS) is 12.2. The van der Waals surface area contributed by atoms with Crippen LogP contribution in [0.3, 0.4) is 0 Å². The van der Waals surface area contributed by atoms with Gasteiger partial charge in [-0.15, -0.1) is 0 Å². The van der Waals surface area contributed by atoms with Crippen molar-refractivity contribution in [2.45, 2.75) is 32.5 Å². The van der Waals surface area contributed by atoms with Gasteiger partial charge in [0.2, 0.25) is 5.76 Å². The Morgan fingerprint density at radius 3 is 2.50 bits per heavy atom. The number of halogens is 5. The highest BCUT2D eigenvalue weighted by Crippen LogP contribution is 2.37. The Morgan fingerprint density at radius 1 is 1.09 bits per heavy atom. The number of hydrogen-bond donors (Lipinski definition) is 1. The van der Waals surface area contributed by atoms with Crippen LogP contribution in [-0.2, 0) is 18.6 Å². The number of benzene rings is 1. The molecule has 3 aromatic heterocycles. The Kier molecular flexibility index (Phi) is 5.75. The molecule has 3 heterocycles. The van der Waals surface area contributed by atoms with Gasteiger partial charge in [-0.2, -0.15) is 18.3 Å². The molecule has 178 valence electrons. The summed E-state index contributed by atoms with van der Waals surface area (Å²) >= 11 is 0. The third kappa shape index (κ3) is 5.00. The third-order valence-corrected chi connectivity index (χ3v) is 4.87. The summed E-state index contributed by atoms with van der Waals surface area (Å²) in [4.78, 5) is 12.4. The zero-order valence-corrected chi connectivity index (χ0v) is 17.8. The third-order valence-electron chi connectivity index (χ3n) is 4.87. The quantitative estimate of drug-likeness (QED) is 0.349. The highest BCUT2D eigenvalue weighted by Gasteiger charge is 2.36. The number of anilines is 1. The van der Waals surface area contributed by atoms with Crippen LogP contribution in [0.15, 0.2) is 57.7 Å². The maximum Gasteiger partial charge on any atom is 0.416 e. The fourth-order valence-electron chi connectivity index (χ4n) is 3.20. The number of carbonyl (C=O) groups excluding carboxylic acids is 1. The van der Waals surface area contributed by atoms with E-state index in [4.69, 9.17) is 8.94 Å². The van der Waals surface area contributed by atoms with E-state index in [1.165, 1.54) is 18.5 Å². The minimum atomic E-state index is -4.84. The van der Waals surface area contributed by atoms with Crippen molar-refractivity contribution in [3.05, 3.63) is 76.9 Å². The first-order valence-corrected chi connectivity index (χ1v) is 9.86. The summed E-state index contributed by atoms with van der Waals surface area (Å²) in [5.74, 6) is -2.77. The van der Waals surface area contributed by atoms with Gasteiger partial charge in [-0.05, 0) is 30.7 Å². The minimum Gasteiger partial charge on any atom is -0.458 e. The molecule has 7 nitrogen and oxygen atoms in total. The summed E-state index contributed by atoms with van der Waals surface area (Å²) in [7, 11) is 0. The average Bonchev–Trinajstić information content (AvgIpc) is 3.47. The first kappa shape index (κ1) is 23.2. The Hall–Kier alpha value is -3.96. The first-order chi connectivity index (χ1) is 15.9. The molecule has 0 saturated heterocycles. The number of hydrogen-bond acceptors (Lipinski definition) is 5. The molecule has 1 aromatic carbocycles. The summed E-state index contributed by atoms with van der Waals surface area (Å²) in [5.41, 5.74) is -2.04. The predicted octanol–water partition coefficient (Wildman–Crippen LogP) is 5.87. The number of alkyl halides is 5. The van der Waals surface area contributed by atoms with Gasteiger partial charge < -0.3 is 14.3 Å². The van der Waals surface area contributed by atoms with Crippen LogP contribution < -0.4 is 5.32 Å². The fourth-order valence-corrected chi connectivity index (χ4v) is 3.20. The summed E-state index contributed by atoms with van der Waals surface area (Å²) in [5, 5.41) is 10.1. The second kappa shape index (κ2) is 8.43. The molecule has 0 saturated carbocycles. The van der Waals surface area contributed by atoms with Crippen molar-refractivity contribution >= 4 is 11.6 Å². The van der Waals surface area contributed by atoms with E-state index in [1.54, 1.807) is 19.1 Å². The maximum absolute atomic E-state index is 13.5. The lowest BCUT2D eigenvalue weighted by atomic mass is 10.0. The van der Waals surface area contributed by atoms with E-state index in [0.717, 1.165) is 16.8 Å². The lowest BCUT2D eigenvalue weighted by Gasteiger charge is -2.17. The van der Waals surface area contributed by atoms with Gasteiger partial charge >= 0.3 is 6.18 Å². The van der Waals surface area contributed by atoms with E-state index in [2.05, 4.69) is 15.6 Å². The smallest absolute Gasteiger partial charge is 0.416 e. The number of rotatable bonds is 6. The summed E-state index contributed by atoms with van der Waals surface area (Å²) in [6, 6.07) is 7.12. The lowest BCUT2D eigenvalue weighted by Crippen LogP contribution is -2.15. The summed E-state index contributed by atoms with van der Waals surface area (Å²) in [6.07, 6.45) is -2.30. The SMILES string of the molecule is Cc1ccc(-c2cc(C(=O)Nc3cnn(Cc4ccc(C(C)(F)F)cc4C(F)(F)F)c3)no2)o1. The van der Waals surface area contributed by atoms with Gasteiger partial charge in [0.15, 0.2) is 11.5 Å². The van der Waals surface area contributed by atoms with Crippen LogP contribution in [0.5, 0.6) is 0 Å². The van der Waals surface area contributed by atoms with Gasteiger partial charge in [-0.25, -0.2) is 8.78 Å². The van der Waals surface area contributed by atoms with Crippen LogP contribution in [0.25, 0.3) is 11.5 Å². The molecule has 4 rings (SSSR count). The Bertz CT molecular complexity index is 1330. The van der Waals surface area contributed by atoms with E-state index >= 15 is 0 Å². The molecule has 12 heteroatoms. The van der Waals surface area contributed by atoms with Gasteiger partial charge in [0.1, 0.15) is 5.76 Å². The topological polar surface area (TPSA) is 86.1 Å². The number of furan rings is 1. The van der Waals surface area contributed by atoms with Crippen LogP contribution in [0.1, 0.15) is 39.9 Å². The highest BCUT2D eigenvalue weighted by atomic mass is 19.4. The van der Waals surface area contributed by atoms with E-state index in [1.807, 2.05) is 0 Å². The van der Waals surface area contributed by atoms with Gasteiger partial charge in [0.05, 0.1) is 24.0 Å². The van der Waals surface area contributed by atoms with Crippen LogP contribution in [0, 0.1) is 6.92 Å². The average molecular weight is 480 g/mol. The molecule has 0 aliphatic carbocycles. The Morgan fingerprint density at radius 2 is 1.85 bits per heavy atom. The molecule has 1 amide bonds. The number of aryl methyl sites for hydroxylation is 1. The van der Waals surface area contributed by atoms with Crippen LogP contribution in [0.4, 0.5) is 27.6 Å². The van der Waals surface area contributed by atoms with E-state index in [0.29, 0.717) is 24.5 Å². The Labute approximate surface area is 189 Å². The number of nitrogens with one attached hydrogen (secondary N) is 1. The molecule has 4 aromatic rings. The zero-order chi connectivity index (χ0) is 24.7. The zero-order valence-electron chi connectivity index (χ0n) is 17.8. The van der Waals surface area contributed by atoms with E-state index in [-0.39, 0.29) is 29.2 Å².